The number of morpholine rings is 1. The minimum atomic E-state index is -4.41. The number of hydrogen-bond donors (Lipinski definition) is 2. The second kappa shape index (κ2) is 11.1. The van der Waals surface area contributed by atoms with Crippen LogP contribution in [0.1, 0.15) is 30.5 Å². The molecule has 0 radical (unpaired) electrons. The van der Waals surface area contributed by atoms with Crippen molar-refractivity contribution < 1.29 is 22.3 Å². The molecule has 2 aromatic carbocycles. The molecule has 0 aliphatic carbocycles. The van der Waals surface area contributed by atoms with E-state index in [4.69, 9.17) is 4.74 Å². The molecule has 37 heavy (non-hydrogen) atoms. The van der Waals surface area contributed by atoms with Gasteiger partial charge in [-0.2, -0.15) is 23.3 Å². The third-order valence-electron chi connectivity index (χ3n) is 6.05. The van der Waals surface area contributed by atoms with E-state index < -0.39 is 17.6 Å². The lowest BCUT2D eigenvalue weighted by Crippen LogP contribution is -2.49. The molecule has 1 atom stereocenters. The van der Waals surface area contributed by atoms with Crippen LogP contribution >= 0.6 is 0 Å². The molecule has 0 amide bonds. The van der Waals surface area contributed by atoms with Crippen LogP contribution in [-0.2, 0) is 10.9 Å². The van der Waals surface area contributed by atoms with Gasteiger partial charge in [-0.25, -0.2) is 14.8 Å². The Morgan fingerprint density at radius 1 is 1.16 bits per heavy atom. The number of ether oxygens (including phenoxy) is 1. The third kappa shape index (κ3) is 6.53. The maximum absolute atomic E-state index is 14.6. The van der Waals surface area contributed by atoms with Gasteiger partial charge in [-0.15, -0.1) is 0 Å². The van der Waals surface area contributed by atoms with E-state index >= 15 is 0 Å². The SMILES string of the molecule is Cc1cc(Nc2cccc(C(F)(F)F)c2)ccc1/C=N/Nc1ncc(F)c(N2CCOCC2C(C)C)n1. The first-order valence-electron chi connectivity index (χ1n) is 11.8. The number of hydrazone groups is 1. The number of rotatable bonds is 7. The minimum Gasteiger partial charge on any atom is -0.377 e. The molecule has 1 aromatic heterocycles. The zero-order chi connectivity index (χ0) is 26.6. The Balaban J connectivity index is 1.44. The summed E-state index contributed by atoms with van der Waals surface area (Å²) in [6.07, 6.45) is -1.72. The molecule has 196 valence electrons. The van der Waals surface area contributed by atoms with Gasteiger partial charge < -0.3 is 15.0 Å². The molecule has 2 heterocycles. The molecule has 1 saturated heterocycles. The van der Waals surface area contributed by atoms with E-state index in [1.165, 1.54) is 6.07 Å². The van der Waals surface area contributed by atoms with Gasteiger partial charge in [0, 0.05) is 17.9 Å². The van der Waals surface area contributed by atoms with Crippen LogP contribution in [0.5, 0.6) is 0 Å². The Labute approximate surface area is 212 Å². The van der Waals surface area contributed by atoms with E-state index in [1.807, 2.05) is 11.8 Å². The molecule has 0 spiro atoms. The predicted molar refractivity (Wildman–Crippen MR) is 136 cm³/mol. The summed E-state index contributed by atoms with van der Waals surface area (Å²) >= 11 is 0. The van der Waals surface area contributed by atoms with Gasteiger partial charge >= 0.3 is 6.18 Å². The number of nitrogens with zero attached hydrogens (tertiary/aromatic N) is 4. The standard InChI is InChI=1S/C26H28F4N6O/c1-16(2)23-15-37-10-9-36(23)24-22(27)14-31-25(34-24)35-32-13-18-7-8-21(11-17(18)3)33-20-6-4-5-19(12-20)26(28,29)30/h4-8,11-14,16,23,33H,9-10,15H2,1-3H3,(H,31,34,35)/b32-13+. The highest BCUT2D eigenvalue weighted by Gasteiger charge is 2.31. The molecule has 11 heteroatoms. The highest BCUT2D eigenvalue weighted by Crippen LogP contribution is 2.31. The van der Waals surface area contributed by atoms with Gasteiger partial charge in [-0.3, -0.25) is 0 Å². The van der Waals surface area contributed by atoms with Crippen LogP contribution in [0, 0.1) is 18.7 Å². The molecule has 2 N–H and O–H groups in total. The van der Waals surface area contributed by atoms with Crippen LogP contribution in [0.4, 0.5) is 40.7 Å². The minimum absolute atomic E-state index is 0.000196. The lowest BCUT2D eigenvalue weighted by Gasteiger charge is -2.38. The average Bonchev–Trinajstić information content (AvgIpc) is 2.86. The number of aryl methyl sites for hydroxylation is 1. The van der Waals surface area contributed by atoms with Crippen LogP contribution in [0.15, 0.2) is 53.8 Å². The summed E-state index contributed by atoms with van der Waals surface area (Å²) in [5.41, 5.74) is 4.62. The molecular formula is C26H28F4N6O. The smallest absolute Gasteiger partial charge is 0.377 e. The van der Waals surface area contributed by atoms with Crippen LogP contribution in [-0.4, -0.2) is 42.0 Å². The van der Waals surface area contributed by atoms with E-state index in [0.717, 1.165) is 29.5 Å². The van der Waals surface area contributed by atoms with Gasteiger partial charge in [0.1, 0.15) is 0 Å². The van der Waals surface area contributed by atoms with E-state index in [-0.39, 0.29) is 23.7 Å². The Hall–Kier alpha value is -3.73. The molecular weight excluding hydrogens is 488 g/mol. The number of hydrogen-bond acceptors (Lipinski definition) is 7. The molecule has 0 saturated carbocycles. The summed E-state index contributed by atoms with van der Waals surface area (Å²) in [4.78, 5) is 10.2. The third-order valence-corrected chi connectivity index (χ3v) is 6.05. The van der Waals surface area contributed by atoms with Crippen molar-refractivity contribution in [3.8, 4) is 0 Å². The maximum Gasteiger partial charge on any atom is 0.416 e. The Bertz CT molecular complexity index is 1260. The fourth-order valence-corrected chi connectivity index (χ4v) is 4.05. The Morgan fingerprint density at radius 2 is 1.95 bits per heavy atom. The van der Waals surface area contributed by atoms with Crippen molar-refractivity contribution in [2.75, 3.05) is 35.4 Å². The van der Waals surface area contributed by atoms with E-state index in [1.54, 1.807) is 30.5 Å². The van der Waals surface area contributed by atoms with Crippen molar-refractivity contribution in [3.63, 3.8) is 0 Å². The largest absolute Gasteiger partial charge is 0.416 e. The number of anilines is 4. The van der Waals surface area contributed by atoms with Crippen LogP contribution in [0.3, 0.4) is 0 Å². The molecule has 1 aliphatic rings. The van der Waals surface area contributed by atoms with Gasteiger partial charge in [-0.1, -0.05) is 26.0 Å². The summed E-state index contributed by atoms with van der Waals surface area (Å²) < 4.78 is 59.0. The topological polar surface area (TPSA) is 74.7 Å². The quantitative estimate of drug-likeness (QED) is 0.228. The van der Waals surface area contributed by atoms with Gasteiger partial charge in [0.2, 0.25) is 5.95 Å². The number of halogens is 4. The van der Waals surface area contributed by atoms with Crippen molar-refractivity contribution in [1.82, 2.24) is 9.97 Å². The van der Waals surface area contributed by atoms with Gasteiger partial charge in [0.05, 0.1) is 37.2 Å². The van der Waals surface area contributed by atoms with Gasteiger partial charge in [-0.05, 0) is 54.3 Å². The predicted octanol–water partition coefficient (Wildman–Crippen LogP) is 5.99. The van der Waals surface area contributed by atoms with Crippen molar-refractivity contribution >= 4 is 29.4 Å². The molecule has 1 fully saturated rings. The van der Waals surface area contributed by atoms with Gasteiger partial charge in [0.15, 0.2) is 11.6 Å². The van der Waals surface area contributed by atoms with Crippen LogP contribution in [0.25, 0.3) is 0 Å². The number of benzene rings is 2. The normalized spacial score (nSPS) is 16.4. The fourth-order valence-electron chi connectivity index (χ4n) is 4.05. The molecule has 4 rings (SSSR count). The van der Waals surface area contributed by atoms with Crippen molar-refractivity contribution in [1.29, 1.82) is 0 Å². The fraction of sp³-hybridized carbons (Fsp3) is 0.346. The van der Waals surface area contributed by atoms with Crippen molar-refractivity contribution in [2.24, 2.45) is 11.0 Å². The maximum atomic E-state index is 14.6. The summed E-state index contributed by atoms with van der Waals surface area (Å²) in [6.45, 7) is 7.48. The molecule has 1 unspecified atom stereocenters. The zero-order valence-electron chi connectivity index (χ0n) is 20.7. The molecule has 1 aliphatic heterocycles. The van der Waals surface area contributed by atoms with Crippen molar-refractivity contribution in [3.05, 3.63) is 71.2 Å². The molecule has 7 nitrogen and oxygen atoms in total. The Morgan fingerprint density at radius 3 is 2.68 bits per heavy atom. The second-order valence-electron chi connectivity index (χ2n) is 9.09. The Kier molecular flexibility index (Phi) is 7.91. The number of aromatic nitrogens is 2. The lowest BCUT2D eigenvalue weighted by atomic mass is 10.0. The monoisotopic (exact) mass is 516 g/mol. The first-order valence-corrected chi connectivity index (χ1v) is 11.8. The first kappa shape index (κ1) is 26.3. The average molecular weight is 517 g/mol. The molecule has 3 aromatic rings. The highest BCUT2D eigenvalue weighted by atomic mass is 19.4. The van der Waals surface area contributed by atoms with E-state index in [9.17, 15) is 17.6 Å². The summed E-state index contributed by atoms with van der Waals surface area (Å²) in [7, 11) is 0. The van der Waals surface area contributed by atoms with Crippen molar-refractivity contribution in [2.45, 2.75) is 33.0 Å². The summed E-state index contributed by atoms with van der Waals surface area (Å²) in [5, 5.41) is 7.18. The first-order chi connectivity index (χ1) is 17.6. The lowest BCUT2D eigenvalue weighted by molar-refractivity contribution is -0.137. The van der Waals surface area contributed by atoms with Gasteiger partial charge in [0.25, 0.3) is 0 Å². The number of nitrogens with one attached hydrogen (secondary N) is 2. The molecule has 0 bridgehead atoms. The number of alkyl halides is 3. The summed E-state index contributed by atoms with van der Waals surface area (Å²) in [6, 6.07) is 10.3. The summed E-state index contributed by atoms with van der Waals surface area (Å²) in [5.74, 6) is 0.0953. The second-order valence-corrected chi connectivity index (χ2v) is 9.09. The zero-order valence-corrected chi connectivity index (χ0v) is 20.7. The van der Waals surface area contributed by atoms with E-state index in [2.05, 4.69) is 39.7 Å². The van der Waals surface area contributed by atoms with Crippen LogP contribution < -0.4 is 15.6 Å². The van der Waals surface area contributed by atoms with Crippen LogP contribution in [0.2, 0.25) is 0 Å². The van der Waals surface area contributed by atoms with E-state index in [0.29, 0.717) is 31.1 Å². The highest BCUT2D eigenvalue weighted by molar-refractivity contribution is 5.83.